The number of nitrogens with zero attached hydrogens (tertiary/aromatic N) is 1. The zero-order valence-electron chi connectivity index (χ0n) is 19.4. The number of nitrogens with one attached hydrogen (secondary N) is 1. The molecule has 1 N–H and O–H groups in total. The van der Waals surface area contributed by atoms with Crippen molar-refractivity contribution in [3.05, 3.63) is 58.1 Å². The molecule has 1 aliphatic carbocycles. The summed E-state index contributed by atoms with van der Waals surface area (Å²) >= 11 is 3.55. The van der Waals surface area contributed by atoms with Gasteiger partial charge in [0.25, 0.3) is 11.8 Å². The van der Waals surface area contributed by atoms with Gasteiger partial charge < -0.3 is 15.0 Å². The molecule has 0 spiro atoms. The maximum absolute atomic E-state index is 12.9. The van der Waals surface area contributed by atoms with E-state index in [-0.39, 0.29) is 29.9 Å². The number of ether oxygens (including phenoxy) is 1. The Morgan fingerprint density at radius 1 is 1.09 bits per heavy atom. The molecule has 6 heteroatoms. The van der Waals surface area contributed by atoms with Gasteiger partial charge >= 0.3 is 0 Å². The fourth-order valence-corrected chi connectivity index (χ4v) is 4.42. The highest BCUT2D eigenvalue weighted by Gasteiger charge is 2.22. The second-order valence-electron chi connectivity index (χ2n) is 9.46. The molecule has 1 saturated carbocycles. The van der Waals surface area contributed by atoms with Crippen molar-refractivity contribution in [3.8, 4) is 5.75 Å². The summed E-state index contributed by atoms with van der Waals surface area (Å²) in [5.41, 5.74) is 2.29. The minimum atomic E-state index is -0.227. The number of anilines is 1. The van der Waals surface area contributed by atoms with E-state index in [0.29, 0.717) is 17.0 Å². The lowest BCUT2D eigenvalue weighted by Gasteiger charge is -2.25. The maximum atomic E-state index is 12.9. The van der Waals surface area contributed by atoms with Crippen molar-refractivity contribution in [3.63, 3.8) is 0 Å². The monoisotopic (exact) mass is 500 g/mol. The van der Waals surface area contributed by atoms with Gasteiger partial charge in [0.1, 0.15) is 5.75 Å². The zero-order chi connectivity index (χ0) is 23.3. The Morgan fingerprint density at radius 3 is 2.44 bits per heavy atom. The van der Waals surface area contributed by atoms with Crippen LogP contribution in [-0.2, 0) is 10.2 Å². The van der Waals surface area contributed by atoms with Crippen molar-refractivity contribution in [2.24, 2.45) is 0 Å². The third-order valence-electron chi connectivity index (χ3n) is 5.97. The normalized spacial score (nSPS) is 14.7. The van der Waals surface area contributed by atoms with E-state index in [2.05, 4.69) is 42.0 Å². The van der Waals surface area contributed by atoms with Crippen LogP contribution in [0.5, 0.6) is 5.75 Å². The molecule has 5 nitrogen and oxygen atoms in total. The van der Waals surface area contributed by atoms with Crippen LogP contribution in [0.4, 0.5) is 5.69 Å². The van der Waals surface area contributed by atoms with Crippen molar-refractivity contribution in [1.29, 1.82) is 0 Å². The summed E-state index contributed by atoms with van der Waals surface area (Å²) in [4.78, 5) is 27.3. The number of halogens is 1. The Kier molecular flexibility index (Phi) is 7.99. The van der Waals surface area contributed by atoms with Gasteiger partial charge in [-0.25, -0.2) is 0 Å². The number of benzene rings is 2. The molecule has 1 aliphatic rings. The lowest BCUT2D eigenvalue weighted by molar-refractivity contribution is -0.120. The minimum Gasteiger partial charge on any atom is -0.483 e. The molecule has 1 fully saturated rings. The first kappa shape index (κ1) is 24.3. The average Bonchev–Trinajstić information content (AvgIpc) is 2.77. The molecule has 3 rings (SSSR count). The summed E-state index contributed by atoms with van der Waals surface area (Å²) in [5, 5.41) is 3.14. The molecule has 0 saturated heterocycles. The molecule has 0 radical (unpaired) electrons. The van der Waals surface area contributed by atoms with E-state index in [9.17, 15) is 9.59 Å². The van der Waals surface area contributed by atoms with Crippen LogP contribution in [0.3, 0.4) is 0 Å². The van der Waals surface area contributed by atoms with Gasteiger partial charge in [-0.15, -0.1) is 0 Å². The number of carbonyl (C=O) groups is 2. The quantitative estimate of drug-likeness (QED) is 0.540. The molecule has 0 heterocycles. The molecule has 0 bridgehead atoms. The predicted octanol–water partition coefficient (Wildman–Crippen LogP) is 5.85. The van der Waals surface area contributed by atoms with Gasteiger partial charge in [0.2, 0.25) is 0 Å². The number of amides is 2. The Hall–Kier alpha value is -2.34. The Labute approximate surface area is 199 Å². The van der Waals surface area contributed by atoms with Gasteiger partial charge in [-0.05, 0) is 64.0 Å². The third-order valence-corrected chi connectivity index (χ3v) is 6.59. The molecule has 0 atom stereocenters. The fourth-order valence-electron chi connectivity index (χ4n) is 3.92. The standard InChI is InChI=1S/C26H33BrN2O3/c1-26(2,3)18-14-15-23(21(27)16-18)32-17-24(30)29(4)22-13-9-8-12-20(22)25(31)28-19-10-6-5-7-11-19/h8-9,12-16,19H,5-7,10-11,17H2,1-4H3,(H,28,31). The average molecular weight is 501 g/mol. The van der Waals surface area contributed by atoms with Crippen molar-refractivity contribution in [2.75, 3.05) is 18.6 Å². The van der Waals surface area contributed by atoms with Gasteiger partial charge in [-0.1, -0.05) is 58.2 Å². The summed E-state index contributed by atoms with van der Waals surface area (Å²) in [6.07, 6.45) is 5.55. The molecular formula is C26H33BrN2O3. The topological polar surface area (TPSA) is 58.6 Å². The lowest BCUT2D eigenvalue weighted by atomic mass is 9.87. The van der Waals surface area contributed by atoms with E-state index in [1.165, 1.54) is 16.9 Å². The Balaban J connectivity index is 1.66. The lowest BCUT2D eigenvalue weighted by Crippen LogP contribution is -2.38. The summed E-state index contributed by atoms with van der Waals surface area (Å²) in [6, 6.07) is 13.3. The molecule has 2 amide bonds. The molecule has 0 aliphatic heterocycles. The number of hydrogen-bond acceptors (Lipinski definition) is 3. The number of hydrogen-bond donors (Lipinski definition) is 1. The number of para-hydroxylation sites is 1. The van der Waals surface area contributed by atoms with Crippen LogP contribution >= 0.6 is 15.9 Å². The van der Waals surface area contributed by atoms with Crippen molar-refractivity contribution >= 4 is 33.4 Å². The van der Waals surface area contributed by atoms with Gasteiger partial charge in [0.15, 0.2) is 6.61 Å². The molecule has 2 aromatic rings. The zero-order valence-corrected chi connectivity index (χ0v) is 21.0. The van der Waals surface area contributed by atoms with Crippen molar-refractivity contribution < 1.29 is 14.3 Å². The summed E-state index contributed by atoms with van der Waals surface area (Å²) < 4.78 is 6.60. The smallest absolute Gasteiger partial charge is 0.264 e. The highest BCUT2D eigenvalue weighted by atomic mass is 79.9. The predicted molar refractivity (Wildman–Crippen MR) is 133 cm³/mol. The molecule has 2 aromatic carbocycles. The maximum Gasteiger partial charge on any atom is 0.264 e. The van der Waals surface area contributed by atoms with Crippen LogP contribution in [0, 0.1) is 0 Å². The van der Waals surface area contributed by atoms with Gasteiger partial charge in [0, 0.05) is 13.1 Å². The van der Waals surface area contributed by atoms with E-state index >= 15 is 0 Å². The van der Waals surface area contributed by atoms with Gasteiger partial charge in [-0.3, -0.25) is 9.59 Å². The highest BCUT2D eigenvalue weighted by Crippen LogP contribution is 2.31. The Bertz CT molecular complexity index is 962. The van der Waals surface area contributed by atoms with Crippen LogP contribution in [0.25, 0.3) is 0 Å². The van der Waals surface area contributed by atoms with E-state index in [1.807, 2.05) is 30.3 Å². The summed E-state index contributed by atoms with van der Waals surface area (Å²) in [7, 11) is 1.68. The molecular weight excluding hydrogens is 468 g/mol. The summed E-state index contributed by atoms with van der Waals surface area (Å²) in [6.45, 7) is 6.32. The van der Waals surface area contributed by atoms with Crippen LogP contribution in [-0.4, -0.2) is 31.5 Å². The first-order valence-corrected chi connectivity index (χ1v) is 12.1. The third kappa shape index (κ3) is 6.12. The Morgan fingerprint density at radius 2 is 1.78 bits per heavy atom. The second-order valence-corrected chi connectivity index (χ2v) is 10.3. The number of likely N-dealkylation sites (N-methyl/N-ethyl adjacent to an activating group) is 1. The van der Waals surface area contributed by atoms with Crippen LogP contribution in [0.2, 0.25) is 0 Å². The van der Waals surface area contributed by atoms with Crippen LogP contribution < -0.4 is 15.0 Å². The molecule has 0 aromatic heterocycles. The van der Waals surface area contributed by atoms with E-state index in [1.54, 1.807) is 19.2 Å². The van der Waals surface area contributed by atoms with E-state index in [0.717, 1.165) is 30.2 Å². The van der Waals surface area contributed by atoms with Crippen molar-refractivity contribution in [2.45, 2.75) is 64.3 Å². The first-order chi connectivity index (χ1) is 15.2. The SMILES string of the molecule is CN(C(=O)COc1ccc(C(C)(C)C)cc1Br)c1ccccc1C(=O)NC1CCCCC1. The van der Waals surface area contributed by atoms with Crippen LogP contribution in [0.1, 0.15) is 68.8 Å². The van der Waals surface area contributed by atoms with Gasteiger partial charge in [-0.2, -0.15) is 0 Å². The van der Waals surface area contributed by atoms with E-state index in [4.69, 9.17) is 4.74 Å². The van der Waals surface area contributed by atoms with Crippen LogP contribution in [0.15, 0.2) is 46.9 Å². The number of carbonyl (C=O) groups excluding carboxylic acids is 2. The summed E-state index contributed by atoms with van der Waals surface area (Å²) in [5.74, 6) is 0.256. The van der Waals surface area contributed by atoms with Crippen molar-refractivity contribution in [1.82, 2.24) is 5.32 Å². The van der Waals surface area contributed by atoms with E-state index < -0.39 is 0 Å². The fraction of sp³-hybridized carbons (Fsp3) is 0.462. The van der Waals surface area contributed by atoms with Gasteiger partial charge in [0.05, 0.1) is 15.7 Å². The largest absolute Gasteiger partial charge is 0.483 e. The molecule has 172 valence electrons. The minimum absolute atomic E-state index is 0.0268. The highest BCUT2D eigenvalue weighted by molar-refractivity contribution is 9.10. The molecule has 0 unspecified atom stereocenters. The number of rotatable bonds is 6. The molecule has 32 heavy (non-hydrogen) atoms. The first-order valence-electron chi connectivity index (χ1n) is 11.3. The second kappa shape index (κ2) is 10.5.